The number of nitrogens with zero attached hydrogens (tertiary/aromatic N) is 2. The number of carbonyl (C=O) groups excluding carboxylic acids is 1. The van der Waals surface area contributed by atoms with Gasteiger partial charge in [0.2, 0.25) is 0 Å². The van der Waals surface area contributed by atoms with E-state index in [1.165, 1.54) is 4.90 Å². The van der Waals surface area contributed by atoms with Crippen LogP contribution in [-0.4, -0.2) is 39.5 Å². The molecule has 1 aliphatic rings. The zero-order valence-electron chi connectivity index (χ0n) is 11.7. The normalized spacial score (nSPS) is 22.7. The minimum Gasteiger partial charge on any atom is -0.390 e. The molecule has 1 heterocycles. The Bertz CT molecular complexity index is 574. The summed E-state index contributed by atoms with van der Waals surface area (Å²) in [6, 6.07) is 2.92. The van der Waals surface area contributed by atoms with Crippen LogP contribution in [0.3, 0.4) is 0 Å². The number of carbonyl (C=O) groups is 1. The molecule has 7 heteroatoms. The number of benzene rings is 1. The van der Waals surface area contributed by atoms with Crippen LogP contribution in [-0.2, 0) is 0 Å². The first-order chi connectivity index (χ1) is 9.80. The van der Waals surface area contributed by atoms with Crippen molar-refractivity contribution < 1.29 is 19.2 Å². The first-order valence-electron chi connectivity index (χ1n) is 6.76. The van der Waals surface area contributed by atoms with Gasteiger partial charge in [-0.2, -0.15) is 0 Å². The van der Waals surface area contributed by atoms with Crippen molar-refractivity contribution in [3.63, 3.8) is 0 Å². The molecule has 1 aromatic rings. The summed E-state index contributed by atoms with van der Waals surface area (Å²) in [5, 5.41) is 21.0. The molecule has 0 bridgehead atoms. The molecule has 1 N–H and O–H groups in total. The molecule has 1 amide bonds. The van der Waals surface area contributed by atoms with Gasteiger partial charge in [0.05, 0.1) is 16.6 Å². The molecule has 1 saturated heterocycles. The number of likely N-dealkylation sites (tertiary alicyclic amines) is 1. The molecule has 1 atom stereocenters. The van der Waals surface area contributed by atoms with Crippen molar-refractivity contribution in [1.29, 1.82) is 0 Å². The Hall–Kier alpha value is -2.02. The van der Waals surface area contributed by atoms with Crippen LogP contribution in [0.5, 0.6) is 0 Å². The third-order valence-electron chi connectivity index (χ3n) is 3.74. The van der Waals surface area contributed by atoms with Gasteiger partial charge < -0.3 is 10.0 Å². The van der Waals surface area contributed by atoms with Crippen molar-refractivity contribution in [2.75, 3.05) is 13.1 Å². The standard InChI is InChI=1S/C14H17FN2O4/c1-14(19)5-2-7-16(8-6-14)13(18)11-4-3-10(15)9-12(11)17(20)21/h3-4,9,19H,2,5-8H2,1H3. The van der Waals surface area contributed by atoms with Crippen molar-refractivity contribution in [2.24, 2.45) is 0 Å². The number of hydrogen-bond donors (Lipinski definition) is 1. The van der Waals surface area contributed by atoms with Gasteiger partial charge in [0.25, 0.3) is 11.6 Å². The molecular formula is C14H17FN2O4. The van der Waals surface area contributed by atoms with Gasteiger partial charge in [0, 0.05) is 13.1 Å². The monoisotopic (exact) mass is 296 g/mol. The van der Waals surface area contributed by atoms with Gasteiger partial charge in [-0.1, -0.05) is 0 Å². The molecule has 114 valence electrons. The fourth-order valence-corrected chi connectivity index (χ4v) is 2.47. The van der Waals surface area contributed by atoms with Gasteiger partial charge in [-0.05, 0) is 38.3 Å². The van der Waals surface area contributed by atoms with Crippen LogP contribution < -0.4 is 0 Å². The fourth-order valence-electron chi connectivity index (χ4n) is 2.47. The highest BCUT2D eigenvalue weighted by Crippen LogP contribution is 2.25. The number of nitro groups is 1. The molecule has 0 aliphatic carbocycles. The van der Waals surface area contributed by atoms with E-state index < -0.39 is 27.9 Å². The molecule has 21 heavy (non-hydrogen) atoms. The Morgan fingerprint density at radius 2 is 2.14 bits per heavy atom. The molecule has 1 unspecified atom stereocenters. The number of rotatable bonds is 2. The lowest BCUT2D eigenvalue weighted by atomic mass is 9.98. The summed E-state index contributed by atoms with van der Waals surface area (Å²) in [5.41, 5.74) is -1.48. The first-order valence-corrected chi connectivity index (χ1v) is 6.76. The van der Waals surface area contributed by atoms with Gasteiger partial charge >= 0.3 is 0 Å². The highest BCUT2D eigenvalue weighted by atomic mass is 19.1. The molecular weight excluding hydrogens is 279 g/mol. The van der Waals surface area contributed by atoms with Crippen molar-refractivity contribution in [1.82, 2.24) is 4.90 Å². The van der Waals surface area contributed by atoms with E-state index in [4.69, 9.17) is 0 Å². The van der Waals surface area contributed by atoms with E-state index in [1.807, 2.05) is 0 Å². The number of amides is 1. The smallest absolute Gasteiger partial charge is 0.285 e. The maximum atomic E-state index is 13.1. The maximum Gasteiger partial charge on any atom is 0.285 e. The second kappa shape index (κ2) is 5.77. The topological polar surface area (TPSA) is 83.7 Å². The Morgan fingerprint density at radius 3 is 2.81 bits per heavy atom. The quantitative estimate of drug-likeness (QED) is 0.669. The van der Waals surface area contributed by atoms with E-state index in [0.29, 0.717) is 32.4 Å². The molecule has 1 fully saturated rings. The summed E-state index contributed by atoms with van der Waals surface area (Å²) < 4.78 is 13.1. The third-order valence-corrected chi connectivity index (χ3v) is 3.74. The molecule has 6 nitrogen and oxygen atoms in total. The Labute approximate surface area is 121 Å². The predicted molar refractivity (Wildman–Crippen MR) is 73.4 cm³/mol. The van der Waals surface area contributed by atoms with Gasteiger partial charge in [-0.15, -0.1) is 0 Å². The molecule has 0 saturated carbocycles. The van der Waals surface area contributed by atoms with Crippen LogP contribution in [0.2, 0.25) is 0 Å². The summed E-state index contributed by atoms with van der Waals surface area (Å²) in [6.45, 7) is 2.45. The van der Waals surface area contributed by atoms with Crippen LogP contribution in [0.4, 0.5) is 10.1 Å². The second-order valence-electron chi connectivity index (χ2n) is 5.56. The molecule has 0 spiro atoms. The SMILES string of the molecule is CC1(O)CCCN(C(=O)c2ccc(F)cc2[N+](=O)[O-])CC1. The van der Waals surface area contributed by atoms with Crippen LogP contribution in [0.25, 0.3) is 0 Å². The van der Waals surface area contributed by atoms with Crippen molar-refractivity contribution in [2.45, 2.75) is 31.8 Å². The summed E-state index contributed by atoms with van der Waals surface area (Å²) >= 11 is 0. The second-order valence-corrected chi connectivity index (χ2v) is 5.56. The van der Waals surface area contributed by atoms with Crippen molar-refractivity contribution >= 4 is 11.6 Å². The van der Waals surface area contributed by atoms with Crippen molar-refractivity contribution in [3.05, 3.63) is 39.7 Å². The summed E-state index contributed by atoms with van der Waals surface area (Å²) in [5.74, 6) is -1.25. The lowest BCUT2D eigenvalue weighted by Gasteiger charge is -2.22. The van der Waals surface area contributed by atoms with Crippen LogP contribution in [0.15, 0.2) is 18.2 Å². The lowest BCUT2D eigenvalue weighted by Crippen LogP contribution is -2.33. The predicted octanol–water partition coefficient (Wildman–Crippen LogP) is 2.11. The van der Waals surface area contributed by atoms with E-state index in [9.17, 15) is 24.4 Å². The zero-order chi connectivity index (χ0) is 15.6. The fraction of sp³-hybridized carbons (Fsp3) is 0.500. The molecule has 1 aromatic carbocycles. The Morgan fingerprint density at radius 1 is 1.43 bits per heavy atom. The van der Waals surface area contributed by atoms with Crippen LogP contribution in [0, 0.1) is 15.9 Å². The largest absolute Gasteiger partial charge is 0.390 e. The number of nitro benzene ring substituents is 1. The first kappa shape index (κ1) is 15.4. The van der Waals surface area contributed by atoms with Gasteiger partial charge in [-0.3, -0.25) is 14.9 Å². The Kier molecular flexibility index (Phi) is 4.22. The maximum absolute atomic E-state index is 13.1. The number of halogens is 1. The van der Waals surface area contributed by atoms with Gasteiger partial charge in [-0.25, -0.2) is 4.39 Å². The average molecular weight is 296 g/mol. The summed E-state index contributed by atoms with van der Waals surface area (Å²) in [6.07, 6.45) is 1.60. The van der Waals surface area contributed by atoms with E-state index >= 15 is 0 Å². The molecule has 0 aromatic heterocycles. The van der Waals surface area contributed by atoms with Crippen molar-refractivity contribution in [3.8, 4) is 0 Å². The van der Waals surface area contributed by atoms with Crippen LogP contribution in [0.1, 0.15) is 36.5 Å². The zero-order valence-corrected chi connectivity index (χ0v) is 11.7. The average Bonchev–Trinajstić information content (AvgIpc) is 2.59. The summed E-state index contributed by atoms with van der Waals surface area (Å²) in [4.78, 5) is 24.1. The molecule has 0 radical (unpaired) electrons. The minimum atomic E-state index is -0.830. The Balaban J connectivity index is 2.26. The van der Waals surface area contributed by atoms with E-state index in [1.54, 1.807) is 6.92 Å². The van der Waals surface area contributed by atoms with Crippen LogP contribution >= 0.6 is 0 Å². The molecule has 2 rings (SSSR count). The minimum absolute atomic E-state index is 0.122. The number of aliphatic hydroxyl groups is 1. The van der Waals surface area contributed by atoms with E-state index in [-0.39, 0.29) is 5.56 Å². The lowest BCUT2D eigenvalue weighted by molar-refractivity contribution is -0.385. The molecule has 1 aliphatic heterocycles. The third kappa shape index (κ3) is 3.55. The van der Waals surface area contributed by atoms with Gasteiger partial charge in [0.15, 0.2) is 0 Å². The highest BCUT2D eigenvalue weighted by molar-refractivity contribution is 5.98. The van der Waals surface area contributed by atoms with E-state index in [0.717, 1.165) is 18.2 Å². The van der Waals surface area contributed by atoms with Gasteiger partial charge in [0.1, 0.15) is 11.4 Å². The van der Waals surface area contributed by atoms with E-state index in [2.05, 4.69) is 0 Å². The highest BCUT2D eigenvalue weighted by Gasteiger charge is 2.30. The number of hydrogen-bond acceptors (Lipinski definition) is 4. The summed E-state index contributed by atoms with van der Waals surface area (Å²) in [7, 11) is 0.